The number of carbonyl (C=O) groups excluding carboxylic acids is 3. The molecule has 43 heavy (non-hydrogen) atoms. The highest BCUT2D eigenvalue weighted by molar-refractivity contribution is 6.00. The molecular formula is C31H23F5N2O5. The average molecular weight is 599 g/mol. The fraction of sp³-hybridized carbons (Fsp3) is 0.129. The molecule has 0 aliphatic heterocycles. The van der Waals surface area contributed by atoms with Crippen molar-refractivity contribution in [3.8, 4) is 0 Å². The fourth-order valence-electron chi connectivity index (χ4n) is 3.93. The molecule has 4 aromatic rings. The molecule has 4 rings (SSSR count). The second-order valence-electron chi connectivity index (χ2n) is 9.27. The summed E-state index contributed by atoms with van der Waals surface area (Å²) < 4.78 is 79.4. The highest BCUT2D eigenvalue weighted by Gasteiger charge is 2.28. The first-order valence-electron chi connectivity index (χ1n) is 12.7. The van der Waals surface area contributed by atoms with Crippen LogP contribution in [0.4, 0.5) is 27.6 Å². The number of rotatable bonds is 10. The number of esters is 2. The van der Waals surface area contributed by atoms with Gasteiger partial charge in [-0.15, -0.1) is 0 Å². The summed E-state index contributed by atoms with van der Waals surface area (Å²) in [5, 5.41) is 2.29. The summed E-state index contributed by atoms with van der Waals surface area (Å²) in [6.07, 6.45) is -1.05. The first-order chi connectivity index (χ1) is 20.5. The van der Waals surface area contributed by atoms with Crippen molar-refractivity contribution >= 4 is 23.5 Å². The number of halogens is 5. The zero-order chi connectivity index (χ0) is 31.1. The van der Waals surface area contributed by atoms with E-state index in [1.165, 1.54) is 6.07 Å². The largest absolute Gasteiger partial charge is 0.457 e. The molecule has 0 aromatic heterocycles. The monoisotopic (exact) mass is 598 g/mol. The highest BCUT2D eigenvalue weighted by Crippen LogP contribution is 2.24. The van der Waals surface area contributed by atoms with Crippen LogP contribution >= 0.6 is 0 Å². The van der Waals surface area contributed by atoms with E-state index < -0.39 is 65.0 Å². The quantitative estimate of drug-likeness (QED) is 0.106. The van der Waals surface area contributed by atoms with E-state index in [1.54, 1.807) is 60.7 Å². The van der Waals surface area contributed by atoms with Gasteiger partial charge in [0.15, 0.2) is 23.3 Å². The van der Waals surface area contributed by atoms with Gasteiger partial charge in [-0.1, -0.05) is 60.7 Å². The summed E-state index contributed by atoms with van der Waals surface area (Å²) >= 11 is 0. The molecule has 12 heteroatoms. The van der Waals surface area contributed by atoms with E-state index in [2.05, 4.69) is 5.32 Å². The molecule has 0 bridgehead atoms. The molecule has 222 valence electrons. The van der Waals surface area contributed by atoms with Gasteiger partial charge >= 0.3 is 11.9 Å². The average Bonchev–Trinajstić information content (AvgIpc) is 3.03. The predicted molar refractivity (Wildman–Crippen MR) is 144 cm³/mol. The summed E-state index contributed by atoms with van der Waals surface area (Å²) in [6, 6.07) is 19.1. The van der Waals surface area contributed by atoms with Crippen molar-refractivity contribution in [2.24, 2.45) is 5.73 Å². The van der Waals surface area contributed by atoms with Gasteiger partial charge in [0.25, 0.3) is 0 Å². The second-order valence-corrected chi connectivity index (χ2v) is 9.27. The van der Waals surface area contributed by atoms with Gasteiger partial charge in [-0.25, -0.2) is 31.5 Å². The van der Waals surface area contributed by atoms with Crippen LogP contribution in [0.1, 0.15) is 37.4 Å². The molecule has 0 radical (unpaired) electrons. The van der Waals surface area contributed by atoms with Crippen molar-refractivity contribution in [3.05, 3.63) is 136 Å². The number of nitrogens with two attached hydrogens (primary N) is 1. The van der Waals surface area contributed by atoms with Gasteiger partial charge in [0, 0.05) is 17.7 Å². The van der Waals surface area contributed by atoms with Gasteiger partial charge in [-0.2, -0.15) is 0 Å². The van der Waals surface area contributed by atoms with Gasteiger partial charge in [0.05, 0.1) is 17.2 Å². The second kappa shape index (κ2) is 13.7. The number of benzene rings is 4. The lowest BCUT2D eigenvalue weighted by Crippen LogP contribution is -2.38. The third kappa shape index (κ3) is 7.60. The molecule has 0 aliphatic carbocycles. The Morgan fingerprint density at radius 1 is 0.651 bits per heavy atom. The lowest BCUT2D eigenvalue weighted by atomic mass is 10.0. The van der Waals surface area contributed by atoms with Crippen LogP contribution in [0.3, 0.4) is 0 Å². The van der Waals surface area contributed by atoms with E-state index in [1.807, 2.05) is 0 Å². The molecule has 0 fully saturated rings. The van der Waals surface area contributed by atoms with Crippen molar-refractivity contribution in [2.75, 3.05) is 5.32 Å². The number of carbonyl (C=O) groups is 3. The lowest BCUT2D eigenvalue weighted by Gasteiger charge is -2.16. The minimum Gasteiger partial charge on any atom is -0.457 e. The third-order valence-electron chi connectivity index (χ3n) is 6.16. The maximum atomic E-state index is 14.1. The van der Waals surface area contributed by atoms with Crippen LogP contribution in [0.5, 0.6) is 0 Å². The molecular weight excluding hydrogens is 575 g/mol. The summed E-state index contributed by atoms with van der Waals surface area (Å²) in [4.78, 5) is 38.5. The predicted octanol–water partition coefficient (Wildman–Crippen LogP) is 5.60. The Morgan fingerprint density at radius 3 is 1.51 bits per heavy atom. The Hall–Kier alpha value is -5.10. The summed E-state index contributed by atoms with van der Waals surface area (Å²) in [6.45, 7) is -0.201. The summed E-state index contributed by atoms with van der Waals surface area (Å²) in [7, 11) is 0. The lowest BCUT2D eigenvalue weighted by molar-refractivity contribution is -0.117. The van der Waals surface area contributed by atoms with E-state index in [-0.39, 0.29) is 30.0 Å². The number of nitrogens with one attached hydrogen (secondary N) is 1. The molecule has 0 saturated carbocycles. The van der Waals surface area contributed by atoms with Gasteiger partial charge in [-0.3, -0.25) is 4.79 Å². The first kappa shape index (κ1) is 30.8. The zero-order valence-electron chi connectivity index (χ0n) is 22.2. The van der Waals surface area contributed by atoms with E-state index in [0.29, 0.717) is 11.1 Å². The van der Waals surface area contributed by atoms with E-state index >= 15 is 0 Å². The van der Waals surface area contributed by atoms with Crippen molar-refractivity contribution in [3.63, 3.8) is 0 Å². The van der Waals surface area contributed by atoms with Crippen molar-refractivity contribution in [1.29, 1.82) is 0 Å². The van der Waals surface area contributed by atoms with Gasteiger partial charge in [0.1, 0.15) is 13.2 Å². The van der Waals surface area contributed by atoms with Crippen LogP contribution < -0.4 is 11.1 Å². The van der Waals surface area contributed by atoms with Crippen molar-refractivity contribution < 1.29 is 45.8 Å². The van der Waals surface area contributed by atoms with E-state index in [9.17, 15) is 36.3 Å². The van der Waals surface area contributed by atoms with Gasteiger partial charge in [-0.05, 0) is 29.3 Å². The van der Waals surface area contributed by atoms with Crippen LogP contribution in [0.15, 0.2) is 78.9 Å². The minimum atomic E-state index is -2.35. The first-order valence-corrected chi connectivity index (χ1v) is 12.7. The Balaban J connectivity index is 1.56. The number of anilines is 1. The van der Waals surface area contributed by atoms with E-state index in [4.69, 9.17) is 15.2 Å². The Labute approximate surface area is 242 Å². The summed E-state index contributed by atoms with van der Waals surface area (Å²) in [5.74, 6) is -13.8. The minimum absolute atomic E-state index is 0.100. The molecule has 4 aromatic carbocycles. The molecule has 0 unspecified atom stereocenters. The molecule has 3 N–H and O–H groups in total. The summed E-state index contributed by atoms with van der Waals surface area (Å²) in [5.41, 5.74) is 5.34. The normalized spacial score (nSPS) is 11.5. The topological polar surface area (TPSA) is 108 Å². The molecule has 0 heterocycles. The Kier molecular flexibility index (Phi) is 9.83. The molecule has 0 aliphatic rings. The van der Waals surface area contributed by atoms with Crippen LogP contribution in [0, 0.1) is 29.1 Å². The Bertz CT molecular complexity index is 1550. The molecule has 7 nitrogen and oxygen atoms in total. The number of hydrogen-bond donors (Lipinski definition) is 2. The van der Waals surface area contributed by atoms with E-state index in [0.717, 1.165) is 12.1 Å². The Morgan fingerprint density at radius 2 is 1.07 bits per heavy atom. The standard InChI is InChI=1S/C31H23F5N2O5/c32-24-22(25(33)27(35)28(36)26(24)34)14-23(37)29(39)38-21-12-19(30(40)42-15-17-7-3-1-4-8-17)11-20(13-21)31(41)43-16-18-9-5-2-6-10-18/h1-13,23H,14-16,37H2,(H,38,39)/t23-/m1/s1. The maximum absolute atomic E-state index is 14.1. The fourth-order valence-corrected chi connectivity index (χ4v) is 3.93. The van der Waals surface area contributed by atoms with Crippen LogP contribution in [0.25, 0.3) is 0 Å². The highest BCUT2D eigenvalue weighted by atomic mass is 19.2. The zero-order valence-corrected chi connectivity index (χ0v) is 22.2. The van der Waals surface area contributed by atoms with Gasteiger partial charge < -0.3 is 20.5 Å². The smallest absolute Gasteiger partial charge is 0.338 e. The maximum Gasteiger partial charge on any atom is 0.338 e. The van der Waals surface area contributed by atoms with Crippen LogP contribution in [-0.4, -0.2) is 23.9 Å². The molecule has 0 spiro atoms. The van der Waals surface area contributed by atoms with Crippen LogP contribution in [-0.2, 0) is 33.9 Å². The number of ether oxygens (including phenoxy) is 2. The SMILES string of the molecule is N[C@H](Cc1c(F)c(F)c(F)c(F)c1F)C(=O)Nc1cc(C(=O)OCc2ccccc2)cc(C(=O)OCc2ccccc2)c1. The van der Waals surface area contributed by atoms with Crippen LogP contribution in [0.2, 0.25) is 0 Å². The van der Waals surface area contributed by atoms with Crippen molar-refractivity contribution in [1.82, 2.24) is 0 Å². The van der Waals surface area contributed by atoms with Crippen molar-refractivity contribution in [2.45, 2.75) is 25.7 Å². The molecule has 1 amide bonds. The molecule has 1 atom stereocenters. The third-order valence-corrected chi connectivity index (χ3v) is 6.16. The number of hydrogen-bond acceptors (Lipinski definition) is 6. The number of amides is 1. The molecule has 0 saturated heterocycles. The van der Waals surface area contributed by atoms with Gasteiger partial charge in [0.2, 0.25) is 11.7 Å².